The van der Waals surface area contributed by atoms with Crippen molar-refractivity contribution in [3.63, 3.8) is 0 Å². The van der Waals surface area contributed by atoms with Crippen LogP contribution in [0, 0.1) is 6.92 Å². The lowest BCUT2D eigenvalue weighted by atomic mass is 10.2. The molecule has 0 saturated carbocycles. The molecule has 0 aliphatic rings. The van der Waals surface area contributed by atoms with Crippen molar-refractivity contribution in [2.24, 2.45) is 0 Å². The molecule has 0 saturated heterocycles. The van der Waals surface area contributed by atoms with Crippen molar-refractivity contribution in [3.8, 4) is 5.69 Å². The molecule has 1 heterocycles. The highest BCUT2D eigenvalue weighted by atomic mass is 19.4. The van der Waals surface area contributed by atoms with Crippen LogP contribution in [0.15, 0.2) is 30.3 Å². The van der Waals surface area contributed by atoms with Crippen molar-refractivity contribution in [3.05, 3.63) is 41.6 Å². The van der Waals surface area contributed by atoms with E-state index in [2.05, 4.69) is 10.4 Å². The van der Waals surface area contributed by atoms with Crippen molar-refractivity contribution < 1.29 is 22.7 Å². The molecule has 25 heavy (non-hydrogen) atoms. The molecule has 0 spiro atoms. The fraction of sp³-hybridized carbons (Fsp3) is 0.412. The zero-order chi connectivity index (χ0) is 18.4. The number of carbonyl (C=O) groups is 1. The van der Waals surface area contributed by atoms with E-state index in [0.717, 1.165) is 12.1 Å². The summed E-state index contributed by atoms with van der Waals surface area (Å²) in [6.45, 7) is 4.64. The second-order valence-electron chi connectivity index (χ2n) is 5.48. The summed E-state index contributed by atoms with van der Waals surface area (Å²) < 4.78 is 45.1. The topological polar surface area (TPSA) is 56.1 Å². The molecule has 0 fully saturated rings. The second kappa shape index (κ2) is 8.15. The van der Waals surface area contributed by atoms with Gasteiger partial charge in [-0.15, -0.1) is 0 Å². The third kappa shape index (κ3) is 5.32. The smallest absolute Gasteiger partial charge is 0.382 e. The van der Waals surface area contributed by atoms with Crippen LogP contribution < -0.4 is 5.32 Å². The fourth-order valence-electron chi connectivity index (χ4n) is 2.28. The highest BCUT2D eigenvalue weighted by molar-refractivity contribution is 5.90. The quantitative estimate of drug-likeness (QED) is 0.765. The zero-order valence-corrected chi connectivity index (χ0v) is 14.1. The van der Waals surface area contributed by atoms with Gasteiger partial charge < -0.3 is 10.1 Å². The van der Waals surface area contributed by atoms with Gasteiger partial charge in [0, 0.05) is 25.7 Å². The number of anilines is 1. The molecule has 0 atom stereocenters. The second-order valence-corrected chi connectivity index (χ2v) is 5.48. The van der Waals surface area contributed by atoms with Gasteiger partial charge in [-0.05, 0) is 38.5 Å². The monoisotopic (exact) mass is 355 g/mol. The van der Waals surface area contributed by atoms with Gasteiger partial charge in [-0.1, -0.05) is 6.07 Å². The summed E-state index contributed by atoms with van der Waals surface area (Å²) in [6, 6.07) is 6.42. The van der Waals surface area contributed by atoms with Gasteiger partial charge in [-0.25, -0.2) is 4.68 Å². The molecule has 1 N–H and O–H groups in total. The molecular formula is C17H20F3N3O2. The highest BCUT2D eigenvalue weighted by Crippen LogP contribution is 2.31. The molecule has 0 radical (unpaired) electrons. The van der Waals surface area contributed by atoms with Crippen LogP contribution in [0.3, 0.4) is 0 Å². The Kier molecular flexibility index (Phi) is 6.19. The number of benzene rings is 1. The Morgan fingerprint density at radius 1 is 1.32 bits per heavy atom. The first-order chi connectivity index (χ1) is 11.8. The first-order valence-electron chi connectivity index (χ1n) is 7.93. The Hall–Kier alpha value is -2.35. The predicted octanol–water partition coefficient (Wildman–Crippen LogP) is 3.95. The van der Waals surface area contributed by atoms with Gasteiger partial charge in [0.15, 0.2) is 0 Å². The lowest BCUT2D eigenvalue weighted by Gasteiger charge is -2.12. The van der Waals surface area contributed by atoms with Crippen molar-refractivity contribution in [2.45, 2.75) is 32.9 Å². The maximum atomic E-state index is 12.9. The molecule has 5 nitrogen and oxygen atoms in total. The van der Waals surface area contributed by atoms with Crippen molar-refractivity contribution in [1.82, 2.24) is 9.78 Å². The Morgan fingerprint density at radius 2 is 2.08 bits per heavy atom. The molecule has 1 amide bonds. The van der Waals surface area contributed by atoms with Crippen molar-refractivity contribution >= 4 is 11.7 Å². The number of alkyl halides is 3. The zero-order valence-electron chi connectivity index (χ0n) is 14.1. The SMILES string of the molecule is CCOCCCC(=O)Nc1cc(C)nn1-c1cccc(C(F)(F)F)c1. The number of hydrogen-bond acceptors (Lipinski definition) is 3. The Morgan fingerprint density at radius 3 is 2.76 bits per heavy atom. The Balaban J connectivity index is 2.17. The minimum absolute atomic E-state index is 0.229. The maximum absolute atomic E-state index is 12.9. The number of hydrogen-bond donors (Lipinski definition) is 1. The third-order valence-electron chi connectivity index (χ3n) is 3.41. The number of halogens is 3. The average molecular weight is 355 g/mol. The Bertz CT molecular complexity index is 726. The van der Waals surface area contributed by atoms with E-state index in [1.807, 2.05) is 6.92 Å². The van der Waals surface area contributed by atoms with Crippen LogP contribution in [0.4, 0.5) is 19.0 Å². The lowest BCUT2D eigenvalue weighted by molar-refractivity contribution is -0.137. The normalized spacial score (nSPS) is 11.6. The number of nitrogens with one attached hydrogen (secondary N) is 1. The summed E-state index contributed by atoms with van der Waals surface area (Å²) in [5.41, 5.74) is 0.0433. The molecule has 0 aliphatic heterocycles. The van der Waals surface area contributed by atoms with Crippen molar-refractivity contribution in [2.75, 3.05) is 18.5 Å². The lowest BCUT2D eigenvalue weighted by Crippen LogP contribution is -2.15. The summed E-state index contributed by atoms with van der Waals surface area (Å²) in [5.74, 6) is 0.0889. The van der Waals surface area contributed by atoms with Crippen LogP contribution >= 0.6 is 0 Å². The molecule has 0 unspecified atom stereocenters. The molecule has 8 heteroatoms. The summed E-state index contributed by atoms with van der Waals surface area (Å²) in [4.78, 5) is 12.0. The van der Waals surface area contributed by atoms with Crippen LogP contribution in [-0.4, -0.2) is 28.9 Å². The summed E-state index contributed by atoms with van der Waals surface area (Å²) in [6.07, 6.45) is -3.62. The van der Waals surface area contributed by atoms with E-state index in [1.54, 1.807) is 13.0 Å². The first-order valence-corrected chi connectivity index (χ1v) is 7.93. The van der Waals surface area contributed by atoms with Crippen molar-refractivity contribution in [1.29, 1.82) is 0 Å². The van der Waals surface area contributed by atoms with Gasteiger partial charge in [0.1, 0.15) is 5.82 Å². The van der Waals surface area contributed by atoms with Gasteiger partial charge in [-0.2, -0.15) is 18.3 Å². The number of rotatable bonds is 7. The number of amides is 1. The molecular weight excluding hydrogens is 335 g/mol. The fourth-order valence-corrected chi connectivity index (χ4v) is 2.28. The number of aryl methyl sites for hydroxylation is 1. The molecule has 0 bridgehead atoms. The van der Waals surface area contributed by atoms with Crippen LogP contribution in [0.2, 0.25) is 0 Å². The molecule has 136 valence electrons. The van der Waals surface area contributed by atoms with Crippen LogP contribution in [-0.2, 0) is 15.7 Å². The van der Waals surface area contributed by atoms with Gasteiger partial charge in [0.25, 0.3) is 0 Å². The van der Waals surface area contributed by atoms with E-state index in [0.29, 0.717) is 31.1 Å². The summed E-state index contributed by atoms with van der Waals surface area (Å²) >= 11 is 0. The highest BCUT2D eigenvalue weighted by Gasteiger charge is 2.30. The number of ether oxygens (including phenoxy) is 1. The minimum atomic E-state index is -4.44. The maximum Gasteiger partial charge on any atom is 0.416 e. The van der Waals surface area contributed by atoms with Gasteiger partial charge in [-0.3, -0.25) is 4.79 Å². The van der Waals surface area contributed by atoms with E-state index >= 15 is 0 Å². The largest absolute Gasteiger partial charge is 0.416 e. The van der Waals surface area contributed by atoms with Crippen LogP contribution in [0.25, 0.3) is 5.69 Å². The summed E-state index contributed by atoms with van der Waals surface area (Å²) in [5, 5.41) is 6.87. The predicted molar refractivity (Wildman–Crippen MR) is 87.7 cm³/mol. The number of nitrogens with zero attached hydrogens (tertiary/aromatic N) is 2. The first kappa shape index (κ1) is 19.0. The Labute approximate surface area is 143 Å². The number of aromatic nitrogens is 2. The minimum Gasteiger partial charge on any atom is -0.382 e. The van der Waals surface area contributed by atoms with E-state index in [9.17, 15) is 18.0 Å². The molecule has 1 aromatic heterocycles. The van der Waals surface area contributed by atoms with Gasteiger partial charge in [0.05, 0.1) is 16.9 Å². The molecule has 2 aromatic rings. The molecule has 2 rings (SSSR count). The van der Waals surface area contributed by atoms with Gasteiger partial charge >= 0.3 is 6.18 Å². The van der Waals surface area contributed by atoms with E-state index in [-0.39, 0.29) is 18.0 Å². The standard InChI is InChI=1S/C17H20F3N3O2/c1-3-25-9-5-8-16(24)21-15-10-12(2)22-23(15)14-7-4-6-13(11-14)17(18,19)20/h4,6-7,10-11H,3,5,8-9H2,1-2H3,(H,21,24). The third-order valence-corrected chi connectivity index (χ3v) is 3.41. The van der Waals surface area contributed by atoms with E-state index in [4.69, 9.17) is 4.74 Å². The molecule has 0 aliphatic carbocycles. The van der Waals surface area contributed by atoms with Gasteiger partial charge in [0.2, 0.25) is 5.91 Å². The molecule has 1 aromatic carbocycles. The van der Waals surface area contributed by atoms with Crippen LogP contribution in [0.1, 0.15) is 31.0 Å². The van der Waals surface area contributed by atoms with Crippen LogP contribution in [0.5, 0.6) is 0 Å². The van der Waals surface area contributed by atoms with E-state index < -0.39 is 11.7 Å². The summed E-state index contributed by atoms with van der Waals surface area (Å²) in [7, 11) is 0. The van der Waals surface area contributed by atoms with E-state index in [1.165, 1.54) is 16.8 Å². The average Bonchev–Trinajstić information content (AvgIpc) is 2.91. The number of carbonyl (C=O) groups excluding carboxylic acids is 1.